The van der Waals surface area contributed by atoms with E-state index >= 15 is 0 Å². The molecule has 0 N–H and O–H groups in total. The Labute approximate surface area is 198 Å². The van der Waals surface area contributed by atoms with E-state index in [1.54, 1.807) is 0 Å². The number of morpholine rings is 1. The Morgan fingerprint density at radius 2 is 1.85 bits per heavy atom. The number of benzene rings is 1. The number of aryl methyl sites for hydroxylation is 1. The molecule has 182 valence electrons. The molecule has 1 unspecified atom stereocenters. The molecule has 33 heavy (non-hydrogen) atoms. The number of hydrogen-bond acceptors (Lipinski definition) is 5. The summed E-state index contributed by atoms with van der Waals surface area (Å²) in [6.45, 7) is 7.89. The second kappa shape index (κ2) is 11.3. The number of hydrogen-bond donors (Lipinski definition) is 0. The summed E-state index contributed by atoms with van der Waals surface area (Å²) in [4.78, 5) is 32.9. The molecule has 1 atom stereocenters. The Bertz CT molecular complexity index is 810. The average molecular weight is 458 g/mol. The van der Waals surface area contributed by atoms with E-state index < -0.39 is 5.60 Å². The largest absolute Gasteiger partial charge is 0.491 e. The number of carbonyl (C=O) groups is 2. The molecule has 0 radical (unpaired) electrons. The summed E-state index contributed by atoms with van der Waals surface area (Å²) in [5, 5.41) is 0. The molecule has 3 heterocycles. The Kier molecular flexibility index (Phi) is 8.25. The summed E-state index contributed by atoms with van der Waals surface area (Å²) in [6.07, 6.45) is 6.35. The molecule has 1 spiro atoms. The van der Waals surface area contributed by atoms with Gasteiger partial charge in [0, 0.05) is 26.1 Å². The van der Waals surface area contributed by atoms with Gasteiger partial charge in [-0.2, -0.15) is 0 Å². The van der Waals surface area contributed by atoms with Gasteiger partial charge in [0.15, 0.2) is 5.60 Å². The molecule has 0 saturated carbocycles. The van der Waals surface area contributed by atoms with E-state index in [1.165, 1.54) is 18.4 Å². The maximum Gasteiger partial charge on any atom is 0.256 e. The summed E-state index contributed by atoms with van der Waals surface area (Å²) < 4.78 is 12.3. The Morgan fingerprint density at radius 1 is 1.03 bits per heavy atom. The normalized spacial score (nSPS) is 25.3. The van der Waals surface area contributed by atoms with E-state index in [1.807, 2.05) is 34.9 Å². The van der Waals surface area contributed by atoms with Crippen molar-refractivity contribution in [3.05, 3.63) is 29.8 Å². The highest BCUT2D eigenvalue weighted by molar-refractivity contribution is 5.87. The van der Waals surface area contributed by atoms with Crippen LogP contribution in [-0.4, -0.2) is 91.1 Å². The second-order valence-corrected chi connectivity index (χ2v) is 9.50. The molecule has 1 aromatic rings. The first-order chi connectivity index (χ1) is 16.1. The van der Waals surface area contributed by atoms with Crippen LogP contribution in [0.15, 0.2) is 24.3 Å². The van der Waals surface area contributed by atoms with Crippen LogP contribution in [-0.2, 0) is 20.7 Å². The van der Waals surface area contributed by atoms with Gasteiger partial charge in [-0.15, -0.1) is 0 Å². The number of fused-ring (bicyclic) bond motifs is 1. The van der Waals surface area contributed by atoms with E-state index in [9.17, 15) is 9.59 Å². The molecule has 7 heteroatoms. The molecule has 2 fully saturated rings. The molecule has 2 saturated heterocycles. The van der Waals surface area contributed by atoms with Gasteiger partial charge >= 0.3 is 0 Å². The van der Waals surface area contributed by atoms with Crippen molar-refractivity contribution >= 4 is 11.8 Å². The van der Waals surface area contributed by atoms with Gasteiger partial charge in [0.05, 0.1) is 19.7 Å². The fourth-order valence-electron chi connectivity index (χ4n) is 5.34. The first-order valence-corrected chi connectivity index (χ1v) is 12.8. The zero-order chi connectivity index (χ0) is 23.1. The van der Waals surface area contributed by atoms with E-state index in [0.29, 0.717) is 52.2 Å². The topological polar surface area (TPSA) is 62.3 Å². The number of ether oxygens (including phenoxy) is 2. The summed E-state index contributed by atoms with van der Waals surface area (Å²) in [7, 11) is 0. The smallest absolute Gasteiger partial charge is 0.256 e. The zero-order valence-corrected chi connectivity index (χ0v) is 20.1. The maximum absolute atomic E-state index is 13.7. The fraction of sp³-hybridized carbons (Fsp3) is 0.692. The number of rotatable bonds is 4. The van der Waals surface area contributed by atoms with Crippen molar-refractivity contribution in [2.24, 2.45) is 0 Å². The molecule has 1 aromatic carbocycles. The van der Waals surface area contributed by atoms with E-state index in [4.69, 9.17) is 9.47 Å². The fourth-order valence-corrected chi connectivity index (χ4v) is 5.34. The Morgan fingerprint density at radius 3 is 2.67 bits per heavy atom. The number of para-hydroxylation sites is 1. The van der Waals surface area contributed by atoms with Gasteiger partial charge in [-0.25, -0.2) is 0 Å². The average Bonchev–Trinajstić information content (AvgIpc) is 3.37. The number of likely N-dealkylation sites (tertiary alicyclic amines) is 1. The predicted octanol–water partition coefficient (Wildman–Crippen LogP) is 2.72. The molecule has 7 nitrogen and oxygen atoms in total. The summed E-state index contributed by atoms with van der Waals surface area (Å²) in [5.41, 5.74) is 0.265. The summed E-state index contributed by atoms with van der Waals surface area (Å²) in [6, 6.07) is 8.18. The molecule has 2 amide bonds. The van der Waals surface area contributed by atoms with Crippen LogP contribution in [0.1, 0.15) is 51.0 Å². The zero-order valence-electron chi connectivity index (χ0n) is 20.1. The van der Waals surface area contributed by atoms with Crippen LogP contribution in [0.4, 0.5) is 0 Å². The van der Waals surface area contributed by atoms with Gasteiger partial charge in [-0.1, -0.05) is 18.2 Å². The highest BCUT2D eigenvalue weighted by Gasteiger charge is 2.46. The second-order valence-electron chi connectivity index (χ2n) is 9.50. The van der Waals surface area contributed by atoms with Gasteiger partial charge in [0.1, 0.15) is 12.4 Å². The minimum atomic E-state index is -0.948. The lowest BCUT2D eigenvalue weighted by Crippen LogP contribution is -2.62. The third-order valence-electron chi connectivity index (χ3n) is 7.31. The van der Waals surface area contributed by atoms with Crippen LogP contribution in [0.25, 0.3) is 0 Å². The van der Waals surface area contributed by atoms with Crippen molar-refractivity contribution in [2.75, 3.05) is 59.0 Å². The molecule has 3 aliphatic rings. The molecule has 3 aliphatic heterocycles. The molecular formula is C26H39N3O4. The molecule has 0 aromatic heterocycles. The van der Waals surface area contributed by atoms with Crippen LogP contribution >= 0.6 is 0 Å². The van der Waals surface area contributed by atoms with Crippen molar-refractivity contribution < 1.29 is 19.1 Å². The minimum absolute atomic E-state index is 0.000462. The first kappa shape index (κ1) is 24.0. The highest BCUT2D eigenvalue weighted by atomic mass is 16.5. The van der Waals surface area contributed by atoms with Crippen LogP contribution in [0, 0.1) is 0 Å². The number of nitrogens with zero attached hydrogens (tertiary/aromatic N) is 3. The molecule has 4 rings (SSSR count). The standard InChI is InChI=1S/C26H39N3O4/c1-2-28-17-19-32-23-11-4-3-9-22(23)10-5-6-13-26(25(28)31)21-29(18-20-33-26)24(30)12-16-27-14-7-8-15-27/h3-4,9,11H,2,5-8,10,12-21H2,1H3. The van der Waals surface area contributed by atoms with Crippen molar-refractivity contribution in [2.45, 2.75) is 57.5 Å². The van der Waals surface area contributed by atoms with E-state index in [2.05, 4.69) is 11.0 Å². The van der Waals surface area contributed by atoms with Crippen molar-refractivity contribution in [3.63, 3.8) is 0 Å². The van der Waals surface area contributed by atoms with Gasteiger partial charge in [-0.3, -0.25) is 9.59 Å². The number of likely N-dealkylation sites (N-methyl/N-ethyl adjacent to an activating group) is 1. The minimum Gasteiger partial charge on any atom is -0.491 e. The first-order valence-electron chi connectivity index (χ1n) is 12.8. The summed E-state index contributed by atoms with van der Waals surface area (Å²) in [5.74, 6) is 1.06. The Balaban J connectivity index is 1.46. The monoisotopic (exact) mass is 457 g/mol. The molecule has 0 aliphatic carbocycles. The van der Waals surface area contributed by atoms with Crippen molar-refractivity contribution in [3.8, 4) is 5.75 Å². The third-order valence-corrected chi connectivity index (χ3v) is 7.31. The van der Waals surface area contributed by atoms with Gasteiger partial charge in [0.2, 0.25) is 5.91 Å². The SMILES string of the molecule is CCN1CCOc2ccccc2CCCCC2(CN(C(=O)CCN3CCCC3)CCO2)C1=O. The number of carbonyl (C=O) groups excluding carboxylic acids is 2. The predicted molar refractivity (Wildman–Crippen MR) is 127 cm³/mol. The van der Waals surface area contributed by atoms with Gasteiger partial charge < -0.3 is 24.2 Å². The van der Waals surface area contributed by atoms with Crippen LogP contribution in [0.5, 0.6) is 5.75 Å². The van der Waals surface area contributed by atoms with Crippen LogP contribution < -0.4 is 4.74 Å². The molecule has 0 bridgehead atoms. The lowest BCUT2D eigenvalue weighted by Gasteiger charge is -2.44. The summed E-state index contributed by atoms with van der Waals surface area (Å²) >= 11 is 0. The van der Waals surface area contributed by atoms with E-state index in [0.717, 1.165) is 44.6 Å². The Hall–Kier alpha value is -2.12. The highest BCUT2D eigenvalue weighted by Crippen LogP contribution is 2.30. The van der Waals surface area contributed by atoms with Crippen LogP contribution in [0.3, 0.4) is 0 Å². The van der Waals surface area contributed by atoms with Gasteiger partial charge in [-0.05, 0) is 70.2 Å². The third kappa shape index (κ3) is 5.87. The maximum atomic E-state index is 13.7. The van der Waals surface area contributed by atoms with Crippen molar-refractivity contribution in [1.82, 2.24) is 14.7 Å². The quantitative estimate of drug-likeness (QED) is 0.696. The lowest BCUT2D eigenvalue weighted by atomic mass is 9.91. The van der Waals surface area contributed by atoms with Gasteiger partial charge in [0.25, 0.3) is 5.91 Å². The molecular weight excluding hydrogens is 418 g/mol. The number of amides is 2. The lowest BCUT2D eigenvalue weighted by molar-refractivity contribution is -0.176. The van der Waals surface area contributed by atoms with E-state index in [-0.39, 0.29) is 11.8 Å². The van der Waals surface area contributed by atoms with Crippen molar-refractivity contribution in [1.29, 1.82) is 0 Å². The van der Waals surface area contributed by atoms with Crippen LogP contribution in [0.2, 0.25) is 0 Å².